The van der Waals surface area contributed by atoms with Crippen molar-refractivity contribution < 1.29 is 14.5 Å². The lowest BCUT2D eigenvalue weighted by Gasteiger charge is -2.19. The van der Waals surface area contributed by atoms with Crippen LogP contribution in [-0.2, 0) is 0 Å². The number of ether oxygens (including phenoxy) is 1. The zero-order valence-electron chi connectivity index (χ0n) is 10.8. The van der Waals surface area contributed by atoms with Gasteiger partial charge in [0.25, 0.3) is 5.91 Å². The predicted molar refractivity (Wildman–Crippen MR) is 75.0 cm³/mol. The number of nitro groups is 1. The number of benzene rings is 1. The maximum atomic E-state index is 12.2. The van der Waals surface area contributed by atoms with Crippen molar-refractivity contribution in [3.63, 3.8) is 0 Å². The standard InChI is InChI=1S/C12H15BrN2O4/c1-3-14(7-6-13)12(16)9-4-5-10(15(17)18)11(8-9)19-2/h4-5,8H,3,6-7H2,1-2H3. The number of nitro benzene ring substituents is 1. The van der Waals surface area contributed by atoms with Gasteiger partial charge in [-0.25, -0.2) is 0 Å². The lowest BCUT2D eigenvalue weighted by molar-refractivity contribution is -0.385. The molecule has 7 heteroatoms. The quantitative estimate of drug-likeness (QED) is 0.456. The number of methoxy groups -OCH3 is 1. The summed E-state index contributed by atoms with van der Waals surface area (Å²) in [6, 6.07) is 4.13. The molecule has 0 fully saturated rings. The average Bonchev–Trinajstić information content (AvgIpc) is 2.43. The van der Waals surface area contributed by atoms with Gasteiger partial charge < -0.3 is 9.64 Å². The van der Waals surface area contributed by atoms with E-state index >= 15 is 0 Å². The molecule has 0 atom stereocenters. The molecule has 0 aliphatic carbocycles. The third kappa shape index (κ3) is 3.66. The van der Waals surface area contributed by atoms with Crippen LogP contribution in [0, 0.1) is 10.1 Å². The minimum Gasteiger partial charge on any atom is -0.490 e. The van der Waals surface area contributed by atoms with Gasteiger partial charge >= 0.3 is 5.69 Å². The summed E-state index contributed by atoms with van der Waals surface area (Å²) >= 11 is 3.28. The van der Waals surface area contributed by atoms with Gasteiger partial charge in [0, 0.05) is 36.1 Å². The molecule has 0 spiro atoms. The fourth-order valence-corrected chi connectivity index (χ4v) is 2.08. The topological polar surface area (TPSA) is 72.7 Å². The molecule has 19 heavy (non-hydrogen) atoms. The zero-order valence-corrected chi connectivity index (χ0v) is 12.3. The molecule has 0 unspecified atom stereocenters. The Labute approximate surface area is 119 Å². The SMILES string of the molecule is CCN(CCBr)C(=O)c1ccc([N+](=O)[O-])c(OC)c1. The van der Waals surface area contributed by atoms with E-state index in [0.717, 1.165) is 0 Å². The van der Waals surface area contributed by atoms with Gasteiger partial charge in [-0.15, -0.1) is 0 Å². The predicted octanol–water partition coefficient (Wildman–Crippen LogP) is 2.46. The molecule has 0 aromatic heterocycles. The Bertz CT molecular complexity index is 479. The molecule has 1 aromatic carbocycles. The number of alkyl halides is 1. The van der Waals surface area contributed by atoms with Crippen molar-refractivity contribution in [2.45, 2.75) is 6.92 Å². The van der Waals surface area contributed by atoms with Gasteiger partial charge in [0.05, 0.1) is 12.0 Å². The Hall–Kier alpha value is -1.63. The average molecular weight is 331 g/mol. The number of carbonyl (C=O) groups is 1. The van der Waals surface area contributed by atoms with E-state index < -0.39 is 4.92 Å². The molecule has 0 radical (unpaired) electrons. The van der Waals surface area contributed by atoms with Crippen LogP contribution in [0.5, 0.6) is 5.75 Å². The number of rotatable bonds is 6. The van der Waals surface area contributed by atoms with E-state index in [9.17, 15) is 14.9 Å². The lowest BCUT2D eigenvalue weighted by Crippen LogP contribution is -2.32. The number of hydrogen-bond donors (Lipinski definition) is 0. The molecule has 0 saturated heterocycles. The number of amides is 1. The van der Waals surface area contributed by atoms with Crippen LogP contribution in [0.15, 0.2) is 18.2 Å². The second kappa shape index (κ2) is 7.08. The highest BCUT2D eigenvalue weighted by molar-refractivity contribution is 9.09. The smallest absolute Gasteiger partial charge is 0.310 e. The van der Waals surface area contributed by atoms with Crippen molar-refractivity contribution in [2.24, 2.45) is 0 Å². The molecule has 0 aliphatic heterocycles. The van der Waals surface area contributed by atoms with Crippen LogP contribution >= 0.6 is 15.9 Å². The summed E-state index contributed by atoms with van der Waals surface area (Å²) in [5, 5.41) is 11.5. The third-order valence-electron chi connectivity index (χ3n) is 2.65. The number of nitrogens with zero attached hydrogens (tertiary/aromatic N) is 2. The van der Waals surface area contributed by atoms with E-state index in [0.29, 0.717) is 24.0 Å². The number of carbonyl (C=O) groups excluding carboxylic acids is 1. The zero-order chi connectivity index (χ0) is 14.4. The van der Waals surface area contributed by atoms with Crippen LogP contribution in [0.4, 0.5) is 5.69 Å². The number of halogens is 1. The van der Waals surface area contributed by atoms with Gasteiger partial charge in [-0.05, 0) is 13.0 Å². The summed E-state index contributed by atoms with van der Waals surface area (Å²) in [6.45, 7) is 3.03. The van der Waals surface area contributed by atoms with Gasteiger partial charge in [-0.2, -0.15) is 0 Å². The highest BCUT2D eigenvalue weighted by atomic mass is 79.9. The van der Waals surface area contributed by atoms with E-state index in [4.69, 9.17) is 4.74 Å². The Morgan fingerprint density at radius 2 is 2.21 bits per heavy atom. The van der Waals surface area contributed by atoms with E-state index in [2.05, 4.69) is 15.9 Å². The van der Waals surface area contributed by atoms with Crippen molar-refractivity contribution in [2.75, 3.05) is 25.5 Å². The van der Waals surface area contributed by atoms with Crippen molar-refractivity contribution in [3.05, 3.63) is 33.9 Å². The molecular formula is C12H15BrN2O4. The van der Waals surface area contributed by atoms with Crippen molar-refractivity contribution in [1.82, 2.24) is 4.90 Å². The van der Waals surface area contributed by atoms with Gasteiger partial charge in [0.1, 0.15) is 0 Å². The Morgan fingerprint density at radius 1 is 1.53 bits per heavy atom. The first-order chi connectivity index (χ1) is 9.04. The summed E-state index contributed by atoms with van der Waals surface area (Å²) in [6.07, 6.45) is 0. The molecule has 1 rings (SSSR count). The Kier molecular flexibility index (Phi) is 5.75. The third-order valence-corrected chi connectivity index (χ3v) is 3.00. The molecular weight excluding hydrogens is 316 g/mol. The summed E-state index contributed by atoms with van der Waals surface area (Å²) in [7, 11) is 1.34. The van der Waals surface area contributed by atoms with Crippen molar-refractivity contribution >= 4 is 27.5 Å². The molecule has 1 aromatic rings. The summed E-state index contributed by atoms with van der Waals surface area (Å²) < 4.78 is 4.95. The Balaban J connectivity index is 3.08. The van der Waals surface area contributed by atoms with Gasteiger partial charge in [0.15, 0.2) is 5.75 Å². The lowest BCUT2D eigenvalue weighted by atomic mass is 10.1. The molecule has 0 N–H and O–H groups in total. The fourth-order valence-electron chi connectivity index (χ4n) is 1.65. The van der Waals surface area contributed by atoms with Crippen LogP contribution in [0.2, 0.25) is 0 Å². The highest BCUT2D eigenvalue weighted by Crippen LogP contribution is 2.27. The molecule has 6 nitrogen and oxygen atoms in total. The Morgan fingerprint density at radius 3 is 2.68 bits per heavy atom. The summed E-state index contributed by atoms with van der Waals surface area (Å²) in [5.41, 5.74) is 0.229. The molecule has 0 heterocycles. The number of hydrogen-bond acceptors (Lipinski definition) is 4. The summed E-state index contributed by atoms with van der Waals surface area (Å²) in [4.78, 5) is 24.1. The van der Waals surface area contributed by atoms with Crippen molar-refractivity contribution in [1.29, 1.82) is 0 Å². The van der Waals surface area contributed by atoms with Crippen LogP contribution in [-0.4, -0.2) is 41.3 Å². The second-order valence-corrected chi connectivity index (χ2v) is 4.51. The van der Waals surface area contributed by atoms with Gasteiger partial charge in [0.2, 0.25) is 0 Å². The first-order valence-electron chi connectivity index (χ1n) is 5.72. The van der Waals surface area contributed by atoms with E-state index in [1.807, 2.05) is 6.92 Å². The largest absolute Gasteiger partial charge is 0.490 e. The van der Waals surface area contributed by atoms with Crippen LogP contribution in [0.3, 0.4) is 0 Å². The van der Waals surface area contributed by atoms with Crippen LogP contribution in [0.25, 0.3) is 0 Å². The maximum absolute atomic E-state index is 12.2. The minimum absolute atomic E-state index is 0.0887. The molecule has 1 amide bonds. The van der Waals surface area contributed by atoms with Crippen LogP contribution in [0.1, 0.15) is 17.3 Å². The molecule has 0 aliphatic rings. The monoisotopic (exact) mass is 330 g/mol. The first-order valence-corrected chi connectivity index (χ1v) is 6.85. The minimum atomic E-state index is -0.539. The van der Waals surface area contributed by atoms with E-state index in [-0.39, 0.29) is 17.3 Å². The molecule has 0 bridgehead atoms. The first kappa shape index (κ1) is 15.4. The molecule has 0 saturated carbocycles. The second-order valence-electron chi connectivity index (χ2n) is 3.72. The van der Waals surface area contributed by atoms with Crippen molar-refractivity contribution in [3.8, 4) is 5.75 Å². The summed E-state index contributed by atoms with van der Waals surface area (Å²) in [5.74, 6) is -0.0825. The van der Waals surface area contributed by atoms with Gasteiger partial charge in [-0.3, -0.25) is 14.9 Å². The fraction of sp³-hybridized carbons (Fsp3) is 0.417. The maximum Gasteiger partial charge on any atom is 0.310 e. The highest BCUT2D eigenvalue weighted by Gasteiger charge is 2.19. The van der Waals surface area contributed by atoms with Gasteiger partial charge in [-0.1, -0.05) is 15.9 Å². The van der Waals surface area contributed by atoms with Crippen LogP contribution < -0.4 is 4.74 Å². The van der Waals surface area contributed by atoms with E-state index in [1.165, 1.54) is 25.3 Å². The normalized spacial score (nSPS) is 10.1. The van der Waals surface area contributed by atoms with E-state index in [1.54, 1.807) is 4.90 Å². The molecule has 104 valence electrons.